The Balaban J connectivity index is 1.41. The minimum Gasteiger partial charge on any atom is -0.471 e. The first-order valence-corrected chi connectivity index (χ1v) is 9.94. The second kappa shape index (κ2) is 8.65. The van der Waals surface area contributed by atoms with E-state index in [2.05, 4.69) is 26.7 Å². The van der Waals surface area contributed by atoms with Crippen molar-refractivity contribution in [3.05, 3.63) is 76.2 Å². The maximum Gasteiger partial charge on any atom is 0.278 e. The smallest absolute Gasteiger partial charge is 0.278 e. The van der Waals surface area contributed by atoms with Crippen molar-refractivity contribution in [3.8, 4) is 5.75 Å². The van der Waals surface area contributed by atoms with E-state index < -0.39 is 5.91 Å². The van der Waals surface area contributed by atoms with E-state index in [4.69, 9.17) is 20.9 Å². The van der Waals surface area contributed by atoms with Gasteiger partial charge >= 0.3 is 0 Å². The molecule has 0 aliphatic carbocycles. The first kappa shape index (κ1) is 20.7. The third-order valence-electron chi connectivity index (χ3n) is 4.70. The topological polar surface area (TPSA) is 100 Å². The molecule has 0 atom stereocenters. The summed E-state index contributed by atoms with van der Waals surface area (Å²) in [6.07, 6.45) is 6.42. The fourth-order valence-electron chi connectivity index (χ4n) is 3.13. The monoisotopic (exact) mass is 440 g/mol. The van der Waals surface area contributed by atoms with Crippen LogP contribution in [0.2, 0.25) is 5.02 Å². The predicted molar refractivity (Wildman–Crippen MR) is 114 cm³/mol. The Kier molecular flexibility index (Phi) is 5.77. The van der Waals surface area contributed by atoms with Crippen LogP contribution in [-0.4, -0.2) is 30.6 Å². The normalized spacial score (nSPS) is 11.0. The van der Waals surface area contributed by atoms with Crippen molar-refractivity contribution < 1.29 is 14.1 Å². The number of aryl methyl sites for hydroxylation is 3. The van der Waals surface area contributed by atoms with E-state index in [0.717, 1.165) is 11.3 Å². The second-order valence-corrected chi connectivity index (χ2v) is 7.62. The highest BCUT2D eigenvalue weighted by Crippen LogP contribution is 2.20. The molecule has 10 heteroatoms. The predicted octanol–water partition coefficient (Wildman–Crippen LogP) is 3.98. The van der Waals surface area contributed by atoms with Crippen LogP contribution in [0.25, 0.3) is 0 Å². The highest BCUT2D eigenvalue weighted by atomic mass is 35.5. The van der Waals surface area contributed by atoms with Crippen molar-refractivity contribution in [2.45, 2.75) is 34.0 Å². The molecule has 3 aromatic heterocycles. The number of anilines is 1. The largest absolute Gasteiger partial charge is 0.471 e. The Labute approximate surface area is 183 Å². The zero-order valence-electron chi connectivity index (χ0n) is 17.3. The van der Waals surface area contributed by atoms with E-state index in [1.54, 1.807) is 34.9 Å². The number of hydrogen-bond donors (Lipinski definition) is 1. The summed E-state index contributed by atoms with van der Waals surface area (Å²) >= 11 is 5.91. The Morgan fingerprint density at radius 3 is 2.71 bits per heavy atom. The van der Waals surface area contributed by atoms with Crippen LogP contribution in [0, 0.1) is 20.8 Å². The van der Waals surface area contributed by atoms with E-state index in [9.17, 15) is 4.79 Å². The lowest BCUT2D eigenvalue weighted by Gasteiger charge is -2.09. The Morgan fingerprint density at radius 2 is 1.97 bits per heavy atom. The van der Waals surface area contributed by atoms with Crippen molar-refractivity contribution in [1.29, 1.82) is 0 Å². The summed E-state index contributed by atoms with van der Waals surface area (Å²) in [7, 11) is 0. The number of nitrogens with zero attached hydrogens (tertiary/aromatic N) is 5. The average Bonchev–Trinajstić information content (AvgIpc) is 3.43. The number of nitrogens with one attached hydrogen (secondary N) is 1. The van der Waals surface area contributed by atoms with Crippen LogP contribution < -0.4 is 10.1 Å². The zero-order valence-corrected chi connectivity index (χ0v) is 18.1. The fraction of sp³-hybridized carbons (Fsp3) is 0.238. The van der Waals surface area contributed by atoms with Crippen molar-refractivity contribution in [2.24, 2.45) is 0 Å². The summed E-state index contributed by atoms with van der Waals surface area (Å²) in [6, 6.07) is 5.97. The first-order valence-electron chi connectivity index (χ1n) is 9.56. The highest BCUT2D eigenvalue weighted by molar-refractivity contribution is 6.30. The van der Waals surface area contributed by atoms with E-state index in [1.165, 1.54) is 11.8 Å². The van der Waals surface area contributed by atoms with Crippen LogP contribution in [0.1, 0.15) is 32.9 Å². The number of aromatic nitrogens is 5. The number of amides is 1. The fourth-order valence-corrected chi connectivity index (χ4v) is 3.28. The lowest BCUT2D eigenvalue weighted by Crippen LogP contribution is -2.15. The van der Waals surface area contributed by atoms with Crippen molar-refractivity contribution in [3.63, 3.8) is 0 Å². The van der Waals surface area contributed by atoms with Gasteiger partial charge in [-0.2, -0.15) is 10.2 Å². The number of carbonyl (C=O) groups excluding carboxylic acids is 1. The number of halogens is 1. The van der Waals surface area contributed by atoms with Crippen LogP contribution in [-0.2, 0) is 13.3 Å². The van der Waals surface area contributed by atoms with Gasteiger partial charge in [-0.15, -0.1) is 0 Å². The standard InChI is InChI=1S/C21H21ClN6O3/c1-13-4-5-19(14(2)6-13)30-12-28-10-17(8-24-28)25-21(29)20-18(15(3)31-26-20)11-27-9-16(22)7-23-27/h4-10H,11-12H2,1-3H3,(H,25,29). The molecule has 0 spiro atoms. The van der Waals surface area contributed by atoms with Gasteiger partial charge in [0.1, 0.15) is 11.5 Å². The molecule has 1 N–H and O–H groups in total. The number of carbonyl (C=O) groups is 1. The molecule has 0 aliphatic rings. The molecule has 4 rings (SSSR count). The van der Waals surface area contributed by atoms with Crippen molar-refractivity contribution in [1.82, 2.24) is 24.7 Å². The van der Waals surface area contributed by atoms with Gasteiger partial charge in [-0.05, 0) is 32.4 Å². The molecule has 9 nitrogen and oxygen atoms in total. The number of benzene rings is 1. The first-order chi connectivity index (χ1) is 14.9. The molecule has 0 bridgehead atoms. The van der Waals surface area contributed by atoms with Gasteiger partial charge in [-0.25, -0.2) is 4.68 Å². The molecule has 0 saturated heterocycles. The Hall–Kier alpha value is -3.59. The van der Waals surface area contributed by atoms with E-state index >= 15 is 0 Å². The number of rotatable bonds is 7. The molecule has 0 aliphatic heterocycles. The molecule has 0 unspecified atom stereocenters. The summed E-state index contributed by atoms with van der Waals surface area (Å²) in [5.74, 6) is 0.919. The summed E-state index contributed by atoms with van der Waals surface area (Å²) < 4.78 is 14.2. The number of hydrogen-bond acceptors (Lipinski definition) is 6. The molecule has 160 valence electrons. The van der Waals surface area contributed by atoms with Gasteiger partial charge < -0.3 is 14.6 Å². The van der Waals surface area contributed by atoms with Crippen LogP contribution in [0.5, 0.6) is 5.75 Å². The molecule has 1 aromatic carbocycles. The molecule has 31 heavy (non-hydrogen) atoms. The van der Waals surface area contributed by atoms with Gasteiger partial charge in [0.2, 0.25) is 0 Å². The van der Waals surface area contributed by atoms with Crippen LogP contribution in [0.4, 0.5) is 5.69 Å². The van der Waals surface area contributed by atoms with E-state index in [1.807, 2.05) is 26.0 Å². The quantitative estimate of drug-likeness (QED) is 0.466. The Bertz CT molecular complexity index is 1230. The van der Waals surface area contributed by atoms with Crippen molar-refractivity contribution in [2.75, 3.05) is 5.32 Å². The summed E-state index contributed by atoms with van der Waals surface area (Å²) in [4.78, 5) is 12.8. The van der Waals surface area contributed by atoms with Gasteiger partial charge in [-0.3, -0.25) is 9.48 Å². The van der Waals surface area contributed by atoms with Gasteiger partial charge in [-0.1, -0.05) is 34.5 Å². The lowest BCUT2D eigenvalue weighted by atomic mass is 10.1. The maximum atomic E-state index is 12.8. The van der Waals surface area contributed by atoms with Crippen LogP contribution in [0.15, 0.2) is 47.5 Å². The molecule has 0 radical (unpaired) electrons. The van der Waals surface area contributed by atoms with Crippen LogP contribution >= 0.6 is 11.6 Å². The van der Waals surface area contributed by atoms with E-state index in [-0.39, 0.29) is 12.4 Å². The number of ether oxygens (including phenoxy) is 1. The SMILES string of the molecule is Cc1ccc(OCn2cc(NC(=O)c3noc(C)c3Cn3cc(Cl)cn3)cn2)c(C)c1. The summed E-state index contributed by atoms with van der Waals surface area (Å²) in [6.45, 7) is 6.30. The maximum absolute atomic E-state index is 12.8. The molecule has 4 aromatic rings. The molecular formula is C21H21ClN6O3. The zero-order chi connectivity index (χ0) is 22.0. The van der Waals surface area contributed by atoms with Gasteiger partial charge in [0.25, 0.3) is 5.91 Å². The van der Waals surface area contributed by atoms with Gasteiger partial charge in [0, 0.05) is 11.8 Å². The summed E-state index contributed by atoms with van der Waals surface area (Å²) in [5, 5.41) is 15.6. The average molecular weight is 441 g/mol. The minimum absolute atomic E-state index is 0.184. The van der Waals surface area contributed by atoms with Crippen molar-refractivity contribution >= 4 is 23.2 Å². The second-order valence-electron chi connectivity index (χ2n) is 7.19. The Morgan fingerprint density at radius 1 is 1.16 bits per heavy atom. The van der Waals surface area contributed by atoms with Crippen LogP contribution in [0.3, 0.4) is 0 Å². The van der Waals surface area contributed by atoms with Gasteiger partial charge in [0.05, 0.1) is 35.8 Å². The third kappa shape index (κ3) is 4.77. The molecule has 0 saturated carbocycles. The highest BCUT2D eigenvalue weighted by Gasteiger charge is 2.21. The molecule has 3 heterocycles. The summed E-state index contributed by atoms with van der Waals surface area (Å²) in [5.41, 5.74) is 3.55. The lowest BCUT2D eigenvalue weighted by molar-refractivity contribution is 0.101. The molecule has 1 amide bonds. The molecule has 0 fully saturated rings. The van der Waals surface area contributed by atoms with Gasteiger partial charge in [0.15, 0.2) is 12.4 Å². The third-order valence-corrected chi connectivity index (χ3v) is 4.89. The van der Waals surface area contributed by atoms with E-state index in [0.29, 0.717) is 28.6 Å². The molecular weight excluding hydrogens is 420 g/mol. The minimum atomic E-state index is -0.403.